The van der Waals surface area contributed by atoms with Gasteiger partial charge in [0.2, 0.25) is 0 Å². The Labute approximate surface area is 103 Å². The Balaban J connectivity index is 2.40. The van der Waals surface area contributed by atoms with Crippen LogP contribution in [0.3, 0.4) is 0 Å². The van der Waals surface area contributed by atoms with Crippen LogP contribution in [0, 0.1) is 6.92 Å². The minimum Gasteiger partial charge on any atom is -0.383 e. The molecule has 0 radical (unpaired) electrons. The maximum atomic E-state index is 6.08. The monoisotopic (exact) mass is 240 g/mol. The maximum Gasteiger partial charge on any atom is 0.0637 e. The van der Waals surface area contributed by atoms with Crippen molar-refractivity contribution in [1.82, 2.24) is 5.32 Å². The maximum absolute atomic E-state index is 6.08. The van der Waals surface area contributed by atoms with Gasteiger partial charge in [-0.3, -0.25) is 0 Å². The van der Waals surface area contributed by atoms with Gasteiger partial charge in [-0.2, -0.15) is 0 Å². The molecule has 90 valence electrons. The molecule has 0 aliphatic heterocycles. The Hall–Kier alpha value is -0.730. The zero-order valence-corrected chi connectivity index (χ0v) is 11.3. The minimum absolute atomic E-state index is 0.165. The van der Waals surface area contributed by atoms with E-state index in [2.05, 4.69) is 44.4 Å². The Bertz CT molecular complexity index is 342. The van der Waals surface area contributed by atoms with Gasteiger partial charge in [0.15, 0.2) is 0 Å². The highest BCUT2D eigenvalue weighted by Crippen LogP contribution is 2.22. The highest BCUT2D eigenvalue weighted by atomic mass is 35.5. The summed E-state index contributed by atoms with van der Waals surface area (Å²) in [4.78, 5) is 0. The van der Waals surface area contributed by atoms with Crippen LogP contribution in [0.5, 0.6) is 0 Å². The lowest BCUT2D eigenvalue weighted by Gasteiger charge is -2.21. The lowest BCUT2D eigenvalue weighted by atomic mass is 10.1. The lowest BCUT2D eigenvalue weighted by molar-refractivity contribution is 0.435. The smallest absolute Gasteiger partial charge is 0.0637 e. The Morgan fingerprint density at radius 1 is 1.19 bits per heavy atom. The van der Waals surface area contributed by atoms with Crippen LogP contribution in [-0.2, 0) is 0 Å². The Morgan fingerprint density at radius 2 is 1.88 bits per heavy atom. The van der Waals surface area contributed by atoms with Crippen LogP contribution >= 0.6 is 11.6 Å². The summed E-state index contributed by atoms with van der Waals surface area (Å²) in [6.07, 6.45) is 0. The van der Waals surface area contributed by atoms with Gasteiger partial charge in [0.25, 0.3) is 0 Å². The third-order valence-electron chi connectivity index (χ3n) is 2.22. The molecule has 0 saturated heterocycles. The fourth-order valence-electron chi connectivity index (χ4n) is 1.41. The summed E-state index contributed by atoms with van der Waals surface area (Å²) in [6, 6.07) is 6.01. The second-order valence-corrected chi connectivity index (χ2v) is 5.49. The molecular weight excluding hydrogens is 220 g/mol. The lowest BCUT2D eigenvalue weighted by Crippen LogP contribution is -2.38. The zero-order valence-electron chi connectivity index (χ0n) is 10.5. The van der Waals surface area contributed by atoms with E-state index in [9.17, 15) is 0 Å². The number of benzene rings is 1. The second-order valence-electron chi connectivity index (χ2n) is 5.09. The summed E-state index contributed by atoms with van der Waals surface area (Å²) in [5, 5.41) is 7.53. The van der Waals surface area contributed by atoms with E-state index < -0.39 is 0 Å². The summed E-state index contributed by atoms with van der Waals surface area (Å²) in [5.41, 5.74) is 2.39. The van der Waals surface area contributed by atoms with Gasteiger partial charge in [0.1, 0.15) is 0 Å². The van der Waals surface area contributed by atoms with Gasteiger partial charge in [-0.05, 0) is 45.4 Å². The third kappa shape index (κ3) is 4.86. The fraction of sp³-hybridized carbons (Fsp3) is 0.538. The summed E-state index contributed by atoms with van der Waals surface area (Å²) < 4.78 is 0. The van der Waals surface area contributed by atoms with Crippen LogP contribution in [0.25, 0.3) is 0 Å². The third-order valence-corrected chi connectivity index (χ3v) is 2.55. The van der Waals surface area contributed by atoms with E-state index >= 15 is 0 Å². The quantitative estimate of drug-likeness (QED) is 0.788. The molecule has 0 unspecified atom stereocenters. The molecule has 0 fully saturated rings. The van der Waals surface area contributed by atoms with Gasteiger partial charge in [0, 0.05) is 18.6 Å². The molecule has 16 heavy (non-hydrogen) atoms. The molecule has 0 heterocycles. The van der Waals surface area contributed by atoms with Gasteiger partial charge in [-0.1, -0.05) is 17.7 Å². The van der Waals surface area contributed by atoms with E-state index in [4.69, 9.17) is 11.6 Å². The van der Waals surface area contributed by atoms with Crippen LogP contribution in [0.1, 0.15) is 26.3 Å². The van der Waals surface area contributed by atoms with Crippen LogP contribution in [-0.4, -0.2) is 18.6 Å². The van der Waals surface area contributed by atoms with Gasteiger partial charge in [-0.25, -0.2) is 0 Å². The molecule has 0 aromatic heterocycles. The molecule has 0 amide bonds. The van der Waals surface area contributed by atoms with E-state index in [1.165, 1.54) is 5.56 Å². The number of hydrogen-bond donors (Lipinski definition) is 2. The predicted molar refractivity (Wildman–Crippen MR) is 72.4 cm³/mol. The topological polar surface area (TPSA) is 24.1 Å². The van der Waals surface area contributed by atoms with Crippen molar-refractivity contribution in [1.29, 1.82) is 0 Å². The average molecular weight is 241 g/mol. The highest BCUT2D eigenvalue weighted by molar-refractivity contribution is 6.33. The largest absolute Gasteiger partial charge is 0.383 e. The molecule has 3 heteroatoms. The number of halogens is 1. The minimum atomic E-state index is 0.165. The zero-order chi connectivity index (χ0) is 12.2. The van der Waals surface area contributed by atoms with Crippen molar-refractivity contribution in [2.75, 3.05) is 18.4 Å². The fourth-order valence-corrected chi connectivity index (χ4v) is 1.59. The van der Waals surface area contributed by atoms with E-state index in [0.717, 1.165) is 23.8 Å². The summed E-state index contributed by atoms with van der Waals surface area (Å²) in [6.45, 7) is 10.3. The Morgan fingerprint density at radius 3 is 2.50 bits per heavy atom. The van der Waals surface area contributed by atoms with E-state index in [1.807, 2.05) is 12.1 Å². The van der Waals surface area contributed by atoms with Crippen molar-refractivity contribution < 1.29 is 0 Å². The highest BCUT2D eigenvalue weighted by Gasteiger charge is 2.07. The second kappa shape index (κ2) is 5.55. The van der Waals surface area contributed by atoms with Gasteiger partial charge >= 0.3 is 0 Å². The normalized spacial score (nSPS) is 11.6. The summed E-state index contributed by atoms with van der Waals surface area (Å²) >= 11 is 6.08. The molecule has 0 aliphatic rings. The first kappa shape index (κ1) is 13.3. The Kier molecular flexibility index (Phi) is 4.63. The number of nitrogens with one attached hydrogen (secondary N) is 2. The van der Waals surface area contributed by atoms with Crippen LogP contribution in [0.4, 0.5) is 5.69 Å². The van der Waals surface area contributed by atoms with Gasteiger partial charge in [-0.15, -0.1) is 0 Å². The number of anilines is 1. The number of aryl methyl sites for hydroxylation is 1. The number of hydrogen-bond acceptors (Lipinski definition) is 2. The molecule has 2 nitrogen and oxygen atoms in total. The van der Waals surface area contributed by atoms with Gasteiger partial charge in [0.05, 0.1) is 10.7 Å². The first-order valence-corrected chi connectivity index (χ1v) is 6.01. The van der Waals surface area contributed by atoms with E-state index in [0.29, 0.717) is 0 Å². The molecule has 0 spiro atoms. The van der Waals surface area contributed by atoms with Crippen molar-refractivity contribution in [3.63, 3.8) is 0 Å². The molecule has 0 aliphatic carbocycles. The number of rotatable bonds is 4. The molecule has 1 aromatic rings. The molecular formula is C13H21ClN2. The van der Waals surface area contributed by atoms with Crippen LogP contribution in [0.15, 0.2) is 18.2 Å². The van der Waals surface area contributed by atoms with Gasteiger partial charge < -0.3 is 10.6 Å². The predicted octanol–water partition coefficient (Wildman–Crippen LogP) is 3.45. The molecule has 1 rings (SSSR count). The molecule has 0 saturated carbocycles. The van der Waals surface area contributed by atoms with Crippen LogP contribution < -0.4 is 10.6 Å². The standard InChI is InChI=1S/C13H21ClN2/c1-10-5-6-11(14)12(9-10)15-7-8-16-13(2,3)4/h5-6,9,15-16H,7-8H2,1-4H3. The SMILES string of the molecule is Cc1ccc(Cl)c(NCCNC(C)(C)C)c1. The van der Waals surface area contributed by atoms with Crippen molar-refractivity contribution in [2.45, 2.75) is 33.2 Å². The van der Waals surface area contributed by atoms with Crippen molar-refractivity contribution in [2.24, 2.45) is 0 Å². The first-order valence-electron chi connectivity index (χ1n) is 5.63. The molecule has 0 bridgehead atoms. The first-order chi connectivity index (χ1) is 7.38. The van der Waals surface area contributed by atoms with Crippen LogP contribution in [0.2, 0.25) is 5.02 Å². The molecule has 2 N–H and O–H groups in total. The van der Waals surface area contributed by atoms with Crippen molar-refractivity contribution >= 4 is 17.3 Å². The average Bonchev–Trinajstić information content (AvgIpc) is 2.16. The van der Waals surface area contributed by atoms with E-state index in [-0.39, 0.29) is 5.54 Å². The summed E-state index contributed by atoms with van der Waals surface area (Å²) in [7, 11) is 0. The van der Waals surface area contributed by atoms with Crippen molar-refractivity contribution in [3.8, 4) is 0 Å². The molecule has 1 aromatic carbocycles. The summed E-state index contributed by atoms with van der Waals surface area (Å²) in [5.74, 6) is 0. The molecule has 0 atom stereocenters. The van der Waals surface area contributed by atoms with Crippen molar-refractivity contribution in [3.05, 3.63) is 28.8 Å². The van der Waals surface area contributed by atoms with E-state index in [1.54, 1.807) is 0 Å².